The quantitative estimate of drug-likeness (QED) is 0.588. The van der Waals surface area contributed by atoms with Crippen LogP contribution in [0.1, 0.15) is 26.7 Å². The van der Waals surface area contributed by atoms with Gasteiger partial charge in [0, 0.05) is 18.1 Å². The van der Waals surface area contributed by atoms with E-state index in [4.69, 9.17) is 11.6 Å². The maximum absolute atomic E-state index is 13.2. The van der Waals surface area contributed by atoms with Crippen molar-refractivity contribution < 1.29 is 4.79 Å². The standard InChI is InChI=1S/C20H22ClN3O3S/c1-3-9-22(10-4-2)17(25)13-23-16-8-11-28-18(16)19(26)24(20(23)27)15-7-5-6-14(21)12-15/h5-8,11-12H,3-4,9-10,13H2,1-2H3. The van der Waals surface area contributed by atoms with Crippen molar-refractivity contribution in [2.24, 2.45) is 0 Å². The van der Waals surface area contributed by atoms with Gasteiger partial charge in [-0.2, -0.15) is 0 Å². The average Bonchev–Trinajstić information content (AvgIpc) is 3.15. The van der Waals surface area contributed by atoms with Crippen LogP contribution in [0.5, 0.6) is 0 Å². The Balaban J connectivity index is 2.15. The zero-order valence-corrected chi connectivity index (χ0v) is 17.4. The summed E-state index contributed by atoms with van der Waals surface area (Å²) in [4.78, 5) is 40.7. The molecule has 0 fully saturated rings. The fraction of sp³-hybridized carbons (Fsp3) is 0.350. The molecule has 28 heavy (non-hydrogen) atoms. The minimum atomic E-state index is -0.542. The van der Waals surface area contributed by atoms with E-state index >= 15 is 0 Å². The molecule has 0 aliphatic carbocycles. The molecule has 2 aromatic heterocycles. The highest BCUT2D eigenvalue weighted by atomic mass is 35.5. The minimum absolute atomic E-state index is 0.104. The van der Waals surface area contributed by atoms with Gasteiger partial charge in [0.25, 0.3) is 5.56 Å². The van der Waals surface area contributed by atoms with Gasteiger partial charge < -0.3 is 4.90 Å². The van der Waals surface area contributed by atoms with E-state index in [1.165, 1.54) is 15.9 Å². The summed E-state index contributed by atoms with van der Waals surface area (Å²) < 4.78 is 2.90. The summed E-state index contributed by atoms with van der Waals surface area (Å²) in [5.74, 6) is -0.130. The zero-order valence-electron chi connectivity index (χ0n) is 15.9. The Morgan fingerprint density at radius 2 is 1.86 bits per heavy atom. The van der Waals surface area contributed by atoms with Crippen molar-refractivity contribution in [3.05, 3.63) is 61.6 Å². The molecule has 0 aliphatic rings. The third-order valence-corrected chi connectivity index (χ3v) is 5.58. The molecule has 3 aromatic rings. The molecule has 0 unspecified atom stereocenters. The maximum Gasteiger partial charge on any atom is 0.336 e. The first-order chi connectivity index (χ1) is 13.5. The second-order valence-electron chi connectivity index (χ2n) is 6.50. The summed E-state index contributed by atoms with van der Waals surface area (Å²) in [6.45, 7) is 5.20. The van der Waals surface area contributed by atoms with Crippen molar-refractivity contribution in [3.63, 3.8) is 0 Å². The summed E-state index contributed by atoms with van der Waals surface area (Å²) in [5, 5.41) is 2.18. The van der Waals surface area contributed by atoms with Crippen molar-refractivity contribution in [1.29, 1.82) is 0 Å². The lowest BCUT2D eigenvalue weighted by Crippen LogP contribution is -2.42. The topological polar surface area (TPSA) is 64.3 Å². The van der Waals surface area contributed by atoms with Gasteiger partial charge in [0.2, 0.25) is 5.91 Å². The van der Waals surface area contributed by atoms with Crippen LogP contribution in [0, 0.1) is 0 Å². The van der Waals surface area contributed by atoms with E-state index in [1.54, 1.807) is 40.6 Å². The van der Waals surface area contributed by atoms with Gasteiger partial charge in [-0.25, -0.2) is 9.36 Å². The second-order valence-corrected chi connectivity index (χ2v) is 7.86. The van der Waals surface area contributed by atoms with Crippen LogP contribution in [0.15, 0.2) is 45.3 Å². The van der Waals surface area contributed by atoms with Crippen molar-refractivity contribution in [2.75, 3.05) is 13.1 Å². The fourth-order valence-electron chi connectivity index (χ4n) is 3.22. The Morgan fingerprint density at radius 1 is 1.14 bits per heavy atom. The maximum atomic E-state index is 13.2. The van der Waals surface area contributed by atoms with E-state index in [9.17, 15) is 14.4 Å². The van der Waals surface area contributed by atoms with Crippen molar-refractivity contribution in [3.8, 4) is 5.69 Å². The number of thiophene rings is 1. The number of hydrogen-bond acceptors (Lipinski definition) is 4. The monoisotopic (exact) mass is 419 g/mol. The molecule has 0 spiro atoms. The number of carbonyl (C=O) groups excluding carboxylic acids is 1. The molecular weight excluding hydrogens is 398 g/mol. The first-order valence-electron chi connectivity index (χ1n) is 9.24. The fourth-order valence-corrected chi connectivity index (χ4v) is 4.23. The molecule has 0 bridgehead atoms. The average molecular weight is 420 g/mol. The van der Waals surface area contributed by atoms with Crippen LogP contribution in [0.25, 0.3) is 15.9 Å². The van der Waals surface area contributed by atoms with Crippen LogP contribution in [0.4, 0.5) is 0 Å². The zero-order chi connectivity index (χ0) is 20.3. The molecule has 0 saturated carbocycles. The van der Waals surface area contributed by atoms with Gasteiger partial charge in [0.05, 0.1) is 11.2 Å². The molecule has 2 heterocycles. The van der Waals surface area contributed by atoms with Gasteiger partial charge in [-0.1, -0.05) is 31.5 Å². The first kappa shape index (κ1) is 20.4. The van der Waals surface area contributed by atoms with Gasteiger partial charge in [-0.3, -0.25) is 14.2 Å². The summed E-state index contributed by atoms with van der Waals surface area (Å²) >= 11 is 7.30. The van der Waals surface area contributed by atoms with Crippen LogP contribution in [0.3, 0.4) is 0 Å². The van der Waals surface area contributed by atoms with Crippen molar-refractivity contribution in [1.82, 2.24) is 14.0 Å². The van der Waals surface area contributed by atoms with E-state index < -0.39 is 11.2 Å². The lowest BCUT2D eigenvalue weighted by molar-refractivity contribution is -0.131. The molecule has 1 amide bonds. The van der Waals surface area contributed by atoms with E-state index in [-0.39, 0.29) is 12.5 Å². The van der Waals surface area contributed by atoms with Gasteiger partial charge in [-0.05, 0) is 42.5 Å². The van der Waals surface area contributed by atoms with Crippen LogP contribution in [-0.2, 0) is 11.3 Å². The van der Waals surface area contributed by atoms with Gasteiger partial charge >= 0.3 is 5.69 Å². The van der Waals surface area contributed by atoms with Gasteiger partial charge in [0.15, 0.2) is 0 Å². The lowest BCUT2D eigenvalue weighted by atomic mass is 10.3. The number of rotatable bonds is 7. The van der Waals surface area contributed by atoms with E-state index in [2.05, 4.69) is 0 Å². The number of benzene rings is 1. The molecule has 6 nitrogen and oxygen atoms in total. The molecule has 0 radical (unpaired) electrons. The molecule has 0 saturated heterocycles. The normalized spacial score (nSPS) is 11.1. The van der Waals surface area contributed by atoms with Crippen molar-refractivity contribution >= 4 is 39.1 Å². The van der Waals surface area contributed by atoms with E-state index in [0.29, 0.717) is 34.0 Å². The SMILES string of the molecule is CCCN(CCC)C(=O)Cn1c(=O)n(-c2cccc(Cl)c2)c(=O)c2sccc21. The smallest absolute Gasteiger partial charge is 0.336 e. The number of carbonyl (C=O) groups is 1. The Labute approximate surface area is 171 Å². The molecule has 3 rings (SSSR count). The molecule has 1 aromatic carbocycles. The molecule has 0 aliphatic heterocycles. The predicted molar refractivity (Wildman–Crippen MR) is 114 cm³/mol. The Hall–Kier alpha value is -2.38. The van der Waals surface area contributed by atoms with Crippen LogP contribution >= 0.6 is 22.9 Å². The highest BCUT2D eigenvalue weighted by Crippen LogP contribution is 2.18. The highest BCUT2D eigenvalue weighted by molar-refractivity contribution is 7.17. The Kier molecular flexibility index (Phi) is 6.36. The number of aromatic nitrogens is 2. The molecule has 8 heteroatoms. The summed E-state index contributed by atoms with van der Waals surface area (Å²) in [6.07, 6.45) is 1.69. The second kappa shape index (κ2) is 8.75. The van der Waals surface area contributed by atoms with Crippen LogP contribution < -0.4 is 11.2 Å². The number of hydrogen-bond donors (Lipinski definition) is 0. The molecular formula is C20H22ClN3O3S. The number of amides is 1. The third kappa shape index (κ3) is 3.91. The van der Waals surface area contributed by atoms with E-state index in [0.717, 1.165) is 17.4 Å². The third-order valence-electron chi connectivity index (χ3n) is 4.45. The van der Waals surface area contributed by atoms with E-state index in [1.807, 2.05) is 13.8 Å². The number of fused-ring (bicyclic) bond motifs is 1. The largest absolute Gasteiger partial charge is 0.341 e. The molecule has 148 valence electrons. The number of halogens is 1. The Bertz CT molecular complexity index is 1110. The lowest BCUT2D eigenvalue weighted by Gasteiger charge is -2.22. The van der Waals surface area contributed by atoms with Gasteiger partial charge in [0.1, 0.15) is 11.2 Å². The van der Waals surface area contributed by atoms with Crippen LogP contribution in [-0.4, -0.2) is 33.0 Å². The number of nitrogens with zero attached hydrogens (tertiary/aromatic N) is 3. The minimum Gasteiger partial charge on any atom is -0.341 e. The molecule has 0 N–H and O–H groups in total. The van der Waals surface area contributed by atoms with Crippen molar-refractivity contribution in [2.45, 2.75) is 33.2 Å². The summed E-state index contributed by atoms with van der Waals surface area (Å²) in [6, 6.07) is 8.29. The Morgan fingerprint density at radius 3 is 2.50 bits per heavy atom. The summed E-state index contributed by atoms with van der Waals surface area (Å²) in [5.41, 5.74) is -0.0723. The summed E-state index contributed by atoms with van der Waals surface area (Å²) in [7, 11) is 0. The predicted octanol–water partition coefficient (Wildman–Crippen LogP) is 3.52. The highest BCUT2D eigenvalue weighted by Gasteiger charge is 2.20. The van der Waals surface area contributed by atoms with Gasteiger partial charge in [-0.15, -0.1) is 11.3 Å². The van der Waals surface area contributed by atoms with Crippen LogP contribution in [0.2, 0.25) is 5.02 Å². The molecule has 0 atom stereocenters. The first-order valence-corrected chi connectivity index (χ1v) is 10.5.